The molecule has 5 unspecified atom stereocenters. The van der Waals surface area contributed by atoms with E-state index in [4.69, 9.17) is 14.2 Å². The quantitative estimate of drug-likeness (QED) is 0.564. The van der Waals surface area contributed by atoms with E-state index >= 15 is 4.39 Å². The number of esters is 1. The van der Waals surface area contributed by atoms with Crippen LogP contribution in [0.25, 0.3) is 0 Å². The lowest BCUT2D eigenvalue weighted by Gasteiger charge is -2.62. The van der Waals surface area contributed by atoms with Gasteiger partial charge in [0.2, 0.25) is 12.5 Å². The Kier molecular flexibility index (Phi) is 6.39. The van der Waals surface area contributed by atoms with E-state index in [2.05, 4.69) is 0 Å². The van der Waals surface area contributed by atoms with Crippen LogP contribution in [-0.2, 0) is 23.8 Å². The zero-order valence-corrected chi connectivity index (χ0v) is 20.6. The highest BCUT2D eigenvalue weighted by Crippen LogP contribution is 2.71. The average molecular weight is 497 g/mol. The maximum atomic E-state index is 17.3. The van der Waals surface area contributed by atoms with Gasteiger partial charge in [-0.25, -0.2) is 18.4 Å². The highest BCUT2D eigenvalue weighted by atomic mass is 19.1. The lowest BCUT2D eigenvalue weighted by molar-refractivity contribution is -0.231. The number of alkyl halides is 2. The first-order chi connectivity index (χ1) is 16.4. The summed E-state index contributed by atoms with van der Waals surface area (Å²) in [7, 11) is 0. The van der Waals surface area contributed by atoms with Crippen molar-refractivity contribution >= 4 is 17.9 Å². The summed E-state index contributed by atoms with van der Waals surface area (Å²) in [5.74, 6) is -3.10. The van der Waals surface area contributed by atoms with Crippen LogP contribution >= 0.6 is 0 Å². The molecule has 4 aliphatic carbocycles. The molecule has 194 valence electrons. The van der Waals surface area contributed by atoms with Crippen molar-refractivity contribution in [2.24, 2.45) is 28.6 Å². The molecule has 9 heteroatoms. The Bertz CT molecular complexity index is 979. The van der Waals surface area contributed by atoms with Gasteiger partial charge < -0.3 is 19.3 Å². The first-order valence-electron chi connectivity index (χ1n) is 12.3. The lowest BCUT2D eigenvalue weighted by Crippen LogP contribution is -2.70. The maximum absolute atomic E-state index is 17.3. The molecule has 0 bridgehead atoms. The Morgan fingerprint density at radius 1 is 1.23 bits per heavy atom. The fourth-order valence-electron chi connectivity index (χ4n) is 7.73. The van der Waals surface area contributed by atoms with Gasteiger partial charge in [0.05, 0.1) is 12.7 Å². The molecule has 0 aromatic rings. The minimum Gasteiger partial charge on any atom is -0.434 e. The Morgan fingerprint density at radius 2 is 1.94 bits per heavy atom. The molecule has 3 saturated carbocycles. The van der Waals surface area contributed by atoms with Crippen molar-refractivity contribution in [3.63, 3.8) is 0 Å². The van der Waals surface area contributed by atoms with Gasteiger partial charge in [0.1, 0.15) is 0 Å². The van der Waals surface area contributed by atoms with Crippen LogP contribution < -0.4 is 0 Å². The summed E-state index contributed by atoms with van der Waals surface area (Å²) in [6, 6.07) is 0. The summed E-state index contributed by atoms with van der Waals surface area (Å²) < 4.78 is 46.0. The highest BCUT2D eigenvalue weighted by Gasteiger charge is 2.78. The van der Waals surface area contributed by atoms with Gasteiger partial charge in [-0.1, -0.05) is 32.4 Å². The minimum absolute atomic E-state index is 0.0684. The molecule has 4 rings (SSSR count). The number of allylic oxidation sites excluding steroid dienone is 4. The second-order valence-electron chi connectivity index (χ2n) is 10.9. The zero-order valence-electron chi connectivity index (χ0n) is 20.6. The molecule has 3 fully saturated rings. The SMILES string of the molecule is CCCOC(=O)OC1(C(=O)OCF)[C@@H](C)CC2C3CCC4=CC(=O)C=CC4(C)[C@@]3(F)[C@@H](O)CC21C. The Labute approximate surface area is 203 Å². The van der Waals surface area contributed by atoms with Crippen molar-refractivity contribution in [1.82, 2.24) is 0 Å². The standard InChI is InChI=1S/C26H34F2O7/c1-5-10-33-22(32)35-26(21(31)34-14-27)15(2)11-19-18-7-6-16-12-17(29)8-9-23(16,3)25(18,28)20(30)13-24(19,26)4/h8-9,12,15,18-20,30H,5-7,10-11,13-14H2,1-4H3/t15-,18?,19?,20-,23?,24?,25-,26?/m0/s1. The molecule has 8 atom stereocenters. The van der Waals surface area contributed by atoms with Crippen molar-refractivity contribution < 1.29 is 42.5 Å². The third-order valence-corrected chi connectivity index (χ3v) is 9.34. The number of carbonyl (C=O) groups excluding carboxylic acids is 3. The topological polar surface area (TPSA) is 99.1 Å². The van der Waals surface area contributed by atoms with Gasteiger partial charge >= 0.3 is 12.1 Å². The molecule has 7 nitrogen and oxygen atoms in total. The fourth-order valence-corrected chi connectivity index (χ4v) is 7.73. The molecule has 0 amide bonds. The number of ketones is 1. The second-order valence-corrected chi connectivity index (χ2v) is 10.9. The van der Waals surface area contributed by atoms with Crippen LogP contribution in [0.5, 0.6) is 0 Å². The minimum atomic E-state index is -2.11. The monoisotopic (exact) mass is 496 g/mol. The first kappa shape index (κ1) is 25.8. The van der Waals surface area contributed by atoms with E-state index in [1.807, 2.05) is 0 Å². The number of hydrogen-bond acceptors (Lipinski definition) is 7. The van der Waals surface area contributed by atoms with Crippen molar-refractivity contribution in [2.45, 2.75) is 77.2 Å². The van der Waals surface area contributed by atoms with Crippen LogP contribution in [0.15, 0.2) is 23.8 Å². The van der Waals surface area contributed by atoms with Crippen LogP contribution in [-0.4, -0.2) is 53.9 Å². The molecule has 1 N–H and O–H groups in total. The van der Waals surface area contributed by atoms with Crippen molar-refractivity contribution in [1.29, 1.82) is 0 Å². The lowest BCUT2D eigenvalue weighted by atomic mass is 9.44. The van der Waals surface area contributed by atoms with Crippen LogP contribution in [0, 0.1) is 28.6 Å². The van der Waals surface area contributed by atoms with Gasteiger partial charge in [0.25, 0.3) is 0 Å². The summed E-state index contributed by atoms with van der Waals surface area (Å²) in [5.41, 5.74) is -5.86. The number of aliphatic hydroxyl groups excluding tert-OH is 1. The predicted octanol–water partition coefficient (Wildman–Crippen LogP) is 4.38. The van der Waals surface area contributed by atoms with E-state index in [0.717, 1.165) is 0 Å². The molecule has 0 aliphatic heterocycles. The Morgan fingerprint density at radius 3 is 2.60 bits per heavy atom. The molecular formula is C26H34F2O7. The van der Waals surface area contributed by atoms with E-state index in [-0.39, 0.29) is 18.8 Å². The predicted molar refractivity (Wildman–Crippen MR) is 120 cm³/mol. The van der Waals surface area contributed by atoms with E-state index < -0.39 is 64.9 Å². The summed E-state index contributed by atoms with van der Waals surface area (Å²) in [6.07, 6.45) is 3.12. The van der Waals surface area contributed by atoms with Crippen LogP contribution in [0.2, 0.25) is 0 Å². The normalized spacial score (nSPS) is 44.0. The van der Waals surface area contributed by atoms with Gasteiger partial charge in [-0.05, 0) is 57.1 Å². The summed E-state index contributed by atoms with van der Waals surface area (Å²) in [4.78, 5) is 37.9. The smallest absolute Gasteiger partial charge is 0.434 e. The van der Waals surface area contributed by atoms with Gasteiger partial charge in [-0.2, -0.15) is 0 Å². The average Bonchev–Trinajstić information content (AvgIpc) is 3.01. The molecule has 0 aromatic carbocycles. The molecule has 35 heavy (non-hydrogen) atoms. The van der Waals surface area contributed by atoms with E-state index in [0.29, 0.717) is 31.3 Å². The number of fused-ring (bicyclic) bond motifs is 5. The number of aliphatic hydroxyl groups is 1. The summed E-state index contributed by atoms with van der Waals surface area (Å²) >= 11 is 0. The van der Waals surface area contributed by atoms with E-state index in [1.165, 1.54) is 12.2 Å². The number of ether oxygens (including phenoxy) is 3. The maximum Gasteiger partial charge on any atom is 0.509 e. The van der Waals surface area contributed by atoms with Crippen LogP contribution in [0.1, 0.15) is 59.8 Å². The number of carbonyl (C=O) groups is 3. The third-order valence-electron chi connectivity index (χ3n) is 9.34. The molecule has 0 saturated heterocycles. The van der Waals surface area contributed by atoms with Crippen molar-refractivity contribution in [3.8, 4) is 0 Å². The van der Waals surface area contributed by atoms with Crippen molar-refractivity contribution in [3.05, 3.63) is 23.8 Å². The molecule has 4 aliphatic rings. The highest BCUT2D eigenvalue weighted by molar-refractivity contribution is 6.01. The van der Waals surface area contributed by atoms with Crippen LogP contribution in [0.3, 0.4) is 0 Å². The number of halogens is 2. The molecular weight excluding hydrogens is 462 g/mol. The zero-order chi connectivity index (χ0) is 25.8. The fraction of sp³-hybridized carbons (Fsp3) is 0.731. The second kappa shape index (κ2) is 8.68. The summed E-state index contributed by atoms with van der Waals surface area (Å²) in [6.45, 7) is 5.53. The largest absolute Gasteiger partial charge is 0.509 e. The molecule has 0 radical (unpaired) electrons. The van der Waals surface area contributed by atoms with Gasteiger partial charge in [-0.15, -0.1) is 0 Å². The third kappa shape index (κ3) is 3.33. The molecule has 0 heterocycles. The van der Waals surface area contributed by atoms with Gasteiger partial charge in [-0.3, -0.25) is 4.79 Å². The van der Waals surface area contributed by atoms with Crippen LogP contribution in [0.4, 0.5) is 13.6 Å². The van der Waals surface area contributed by atoms with Gasteiger partial charge in [0.15, 0.2) is 11.5 Å². The van der Waals surface area contributed by atoms with Gasteiger partial charge in [0, 0.05) is 22.7 Å². The first-order valence-corrected chi connectivity index (χ1v) is 12.3. The number of rotatable bonds is 5. The summed E-state index contributed by atoms with van der Waals surface area (Å²) in [5, 5.41) is 11.4. The van der Waals surface area contributed by atoms with E-state index in [9.17, 15) is 23.9 Å². The Balaban J connectivity index is 1.80. The molecule has 0 spiro atoms. The van der Waals surface area contributed by atoms with Crippen molar-refractivity contribution in [2.75, 3.05) is 13.5 Å². The molecule has 0 aromatic heterocycles. The Hall–Kier alpha value is -2.29. The number of hydrogen-bond donors (Lipinski definition) is 1. The van der Waals surface area contributed by atoms with E-state index in [1.54, 1.807) is 33.8 Å².